The van der Waals surface area contributed by atoms with Crippen molar-refractivity contribution in [1.82, 2.24) is 0 Å². The van der Waals surface area contributed by atoms with E-state index in [4.69, 9.17) is 5.73 Å². The molecule has 2 aromatic carbocycles. The SMILES string of the molecule is Cc1cc(C(=O)c2cccc([N+](=O)[O-])c2)ccc1N. The van der Waals surface area contributed by atoms with Gasteiger partial charge in [0.2, 0.25) is 0 Å². The minimum atomic E-state index is -0.523. The second-order valence-corrected chi connectivity index (χ2v) is 4.21. The van der Waals surface area contributed by atoms with Crippen molar-refractivity contribution in [2.24, 2.45) is 0 Å². The number of nitrogen functional groups attached to an aromatic ring is 1. The van der Waals surface area contributed by atoms with Crippen molar-refractivity contribution in [3.8, 4) is 0 Å². The molecular weight excluding hydrogens is 244 g/mol. The number of benzene rings is 2. The van der Waals surface area contributed by atoms with Crippen LogP contribution in [0, 0.1) is 17.0 Å². The first kappa shape index (κ1) is 12.8. The van der Waals surface area contributed by atoms with Crippen LogP contribution in [0.2, 0.25) is 0 Å². The predicted octanol–water partition coefficient (Wildman–Crippen LogP) is 2.72. The number of hydrogen-bond donors (Lipinski definition) is 1. The molecule has 2 rings (SSSR count). The van der Waals surface area contributed by atoms with Gasteiger partial charge in [0.05, 0.1) is 4.92 Å². The fourth-order valence-corrected chi connectivity index (χ4v) is 1.74. The maximum atomic E-state index is 12.2. The topological polar surface area (TPSA) is 86.2 Å². The number of aryl methyl sites for hydroxylation is 1. The molecule has 0 aliphatic heterocycles. The number of carbonyl (C=O) groups is 1. The third-order valence-corrected chi connectivity index (χ3v) is 2.85. The summed E-state index contributed by atoms with van der Waals surface area (Å²) in [5.41, 5.74) is 7.76. The molecule has 0 aliphatic carbocycles. The van der Waals surface area contributed by atoms with Gasteiger partial charge in [0.15, 0.2) is 5.78 Å². The van der Waals surface area contributed by atoms with E-state index in [9.17, 15) is 14.9 Å². The fourth-order valence-electron chi connectivity index (χ4n) is 1.74. The molecule has 0 atom stereocenters. The molecule has 0 unspecified atom stereocenters. The number of nitro groups is 1. The average molecular weight is 256 g/mol. The number of non-ortho nitro benzene ring substituents is 1. The first-order chi connectivity index (χ1) is 8.99. The van der Waals surface area contributed by atoms with Crippen molar-refractivity contribution in [2.75, 3.05) is 5.73 Å². The Morgan fingerprint density at radius 1 is 1.16 bits per heavy atom. The summed E-state index contributed by atoms with van der Waals surface area (Å²) in [6.07, 6.45) is 0. The average Bonchev–Trinajstić information content (AvgIpc) is 2.41. The smallest absolute Gasteiger partial charge is 0.270 e. The zero-order valence-corrected chi connectivity index (χ0v) is 10.3. The van der Waals surface area contributed by atoms with Crippen LogP contribution in [0.4, 0.5) is 11.4 Å². The van der Waals surface area contributed by atoms with Gasteiger partial charge in [-0.25, -0.2) is 0 Å². The quantitative estimate of drug-likeness (QED) is 0.396. The Bertz CT molecular complexity index is 665. The molecule has 0 spiro atoms. The van der Waals surface area contributed by atoms with E-state index in [1.54, 1.807) is 31.2 Å². The van der Waals surface area contributed by atoms with Gasteiger partial charge in [-0.05, 0) is 30.7 Å². The fraction of sp³-hybridized carbons (Fsp3) is 0.0714. The van der Waals surface area contributed by atoms with Crippen molar-refractivity contribution in [3.05, 3.63) is 69.3 Å². The Morgan fingerprint density at radius 2 is 1.84 bits per heavy atom. The van der Waals surface area contributed by atoms with Crippen molar-refractivity contribution >= 4 is 17.2 Å². The molecule has 96 valence electrons. The number of ketones is 1. The highest BCUT2D eigenvalue weighted by atomic mass is 16.6. The van der Waals surface area contributed by atoms with Gasteiger partial charge in [0.1, 0.15) is 0 Å². The second kappa shape index (κ2) is 4.89. The highest BCUT2D eigenvalue weighted by Crippen LogP contribution is 2.19. The third-order valence-electron chi connectivity index (χ3n) is 2.85. The van der Waals surface area contributed by atoms with Crippen molar-refractivity contribution in [1.29, 1.82) is 0 Å². The lowest BCUT2D eigenvalue weighted by Crippen LogP contribution is -2.03. The number of carbonyl (C=O) groups excluding carboxylic acids is 1. The Balaban J connectivity index is 2.41. The lowest BCUT2D eigenvalue weighted by molar-refractivity contribution is -0.384. The lowest BCUT2D eigenvalue weighted by atomic mass is 10.0. The van der Waals surface area contributed by atoms with Crippen molar-refractivity contribution in [2.45, 2.75) is 6.92 Å². The van der Waals surface area contributed by atoms with Crippen LogP contribution in [0.5, 0.6) is 0 Å². The molecule has 0 aromatic heterocycles. The minimum absolute atomic E-state index is 0.0991. The summed E-state index contributed by atoms with van der Waals surface area (Å²) in [5.74, 6) is -0.258. The van der Waals surface area contributed by atoms with Crippen LogP contribution >= 0.6 is 0 Å². The summed E-state index contributed by atoms with van der Waals surface area (Å²) in [4.78, 5) is 22.4. The largest absolute Gasteiger partial charge is 0.399 e. The molecule has 0 amide bonds. The normalized spacial score (nSPS) is 10.2. The van der Waals surface area contributed by atoms with Gasteiger partial charge in [-0.2, -0.15) is 0 Å². The molecule has 0 radical (unpaired) electrons. The van der Waals surface area contributed by atoms with E-state index in [2.05, 4.69) is 0 Å². The lowest BCUT2D eigenvalue weighted by Gasteiger charge is -2.04. The van der Waals surface area contributed by atoms with Gasteiger partial charge in [0, 0.05) is 28.9 Å². The van der Waals surface area contributed by atoms with E-state index in [-0.39, 0.29) is 11.5 Å². The van der Waals surface area contributed by atoms with Crippen LogP contribution in [0.15, 0.2) is 42.5 Å². The summed E-state index contributed by atoms with van der Waals surface area (Å²) < 4.78 is 0. The van der Waals surface area contributed by atoms with Crippen molar-refractivity contribution in [3.63, 3.8) is 0 Å². The van der Waals surface area contributed by atoms with E-state index in [0.29, 0.717) is 16.8 Å². The Kier molecular flexibility index (Phi) is 3.29. The highest BCUT2D eigenvalue weighted by molar-refractivity contribution is 6.09. The molecule has 5 nitrogen and oxygen atoms in total. The summed E-state index contributed by atoms with van der Waals surface area (Å²) in [6, 6.07) is 10.6. The molecule has 0 bridgehead atoms. The maximum absolute atomic E-state index is 12.2. The molecule has 5 heteroatoms. The van der Waals surface area contributed by atoms with E-state index in [1.807, 2.05) is 0 Å². The Morgan fingerprint density at radius 3 is 2.47 bits per heavy atom. The summed E-state index contributed by atoms with van der Waals surface area (Å²) in [6.45, 7) is 1.81. The molecule has 0 fully saturated rings. The minimum Gasteiger partial charge on any atom is -0.399 e. The number of nitrogens with two attached hydrogens (primary N) is 1. The van der Waals surface area contributed by atoms with Gasteiger partial charge in [0.25, 0.3) is 5.69 Å². The molecule has 19 heavy (non-hydrogen) atoms. The Labute approximate surface area is 109 Å². The molecular formula is C14H12N2O3. The second-order valence-electron chi connectivity index (χ2n) is 4.21. The number of nitro benzene ring substituents is 1. The van der Waals surface area contributed by atoms with Crippen LogP contribution in [-0.4, -0.2) is 10.7 Å². The number of rotatable bonds is 3. The van der Waals surface area contributed by atoms with Gasteiger partial charge in [-0.3, -0.25) is 14.9 Å². The molecule has 0 saturated carbocycles. The summed E-state index contributed by atoms with van der Waals surface area (Å²) in [5, 5.41) is 10.7. The monoisotopic (exact) mass is 256 g/mol. The molecule has 0 heterocycles. The molecule has 0 saturated heterocycles. The standard InChI is InChI=1S/C14H12N2O3/c1-9-7-11(5-6-13(9)15)14(17)10-3-2-4-12(8-10)16(18)19/h2-8H,15H2,1H3. The number of hydrogen-bond acceptors (Lipinski definition) is 4. The van der Waals surface area contributed by atoms with E-state index >= 15 is 0 Å². The van der Waals surface area contributed by atoms with Crippen LogP contribution in [-0.2, 0) is 0 Å². The van der Waals surface area contributed by atoms with Gasteiger partial charge < -0.3 is 5.73 Å². The van der Waals surface area contributed by atoms with Crippen molar-refractivity contribution < 1.29 is 9.72 Å². The summed E-state index contributed by atoms with van der Waals surface area (Å²) in [7, 11) is 0. The summed E-state index contributed by atoms with van der Waals surface area (Å²) >= 11 is 0. The maximum Gasteiger partial charge on any atom is 0.270 e. The van der Waals surface area contributed by atoms with Crippen LogP contribution in [0.1, 0.15) is 21.5 Å². The van der Waals surface area contributed by atoms with Crippen LogP contribution in [0.3, 0.4) is 0 Å². The number of anilines is 1. The highest BCUT2D eigenvalue weighted by Gasteiger charge is 2.13. The zero-order valence-electron chi connectivity index (χ0n) is 10.3. The first-order valence-corrected chi connectivity index (χ1v) is 5.64. The molecule has 0 aliphatic rings. The molecule has 2 aromatic rings. The predicted molar refractivity (Wildman–Crippen MR) is 72.1 cm³/mol. The van der Waals surface area contributed by atoms with Gasteiger partial charge >= 0.3 is 0 Å². The van der Waals surface area contributed by atoms with E-state index in [1.165, 1.54) is 18.2 Å². The number of nitrogens with zero attached hydrogens (tertiary/aromatic N) is 1. The molecule has 2 N–H and O–H groups in total. The third kappa shape index (κ3) is 2.60. The van der Waals surface area contributed by atoms with Gasteiger partial charge in [-0.15, -0.1) is 0 Å². The van der Waals surface area contributed by atoms with E-state index < -0.39 is 4.92 Å². The first-order valence-electron chi connectivity index (χ1n) is 5.64. The van der Waals surface area contributed by atoms with Gasteiger partial charge in [-0.1, -0.05) is 12.1 Å². The van der Waals surface area contributed by atoms with E-state index in [0.717, 1.165) is 5.56 Å². The Hall–Kier alpha value is -2.69. The van der Waals surface area contributed by atoms with Crippen LogP contribution < -0.4 is 5.73 Å². The van der Waals surface area contributed by atoms with Crippen LogP contribution in [0.25, 0.3) is 0 Å². The zero-order chi connectivity index (χ0) is 14.0.